The molecular weight excluding hydrogens is 176 g/mol. The van der Waals surface area contributed by atoms with Crippen LogP contribution in [0.5, 0.6) is 0 Å². The van der Waals surface area contributed by atoms with Gasteiger partial charge in [0.1, 0.15) is 0 Å². The smallest absolute Gasteiger partial charge is 0.152 e. The first kappa shape index (κ1) is 10.5. The molecule has 14 heavy (non-hydrogen) atoms. The monoisotopic (exact) mass is 192 g/mol. The Kier molecular flexibility index (Phi) is 3.48. The molecule has 4 nitrogen and oxygen atoms in total. The van der Waals surface area contributed by atoms with E-state index in [4.69, 9.17) is 11.6 Å². The Morgan fingerprint density at radius 1 is 1.43 bits per heavy atom. The average Bonchev–Trinajstić information content (AvgIpc) is 2.18. The van der Waals surface area contributed by atoms with Crippen LogP contribution in [0.3, 0.4) is 0 Å². The van der Waals surface area contributed by atoms with Crippen LogP contribution < -0.4 is 17.1 Å². The zero-order chi connectivity index (χ0) is 10.6. The van der Waals surface area contributed by atoms with E-state index in [1.807, 2.05) is 18.2 Å². The first-order valence-electron chi connectivity index (χ1n) is 4.54. The summed E-state index contributed by atoms with van der Waals surface area (Å²) in [6.07, 6.45) is 0. The number of benzene rings is 1. The zero-order valence-electron chi connectivity index (χ0n) is 8.49. The first-order chi connectivity index (χ1) is 6.65. The van der Waals surface area contributed by atoms with Crippen molar-refractivity contribution in [2.45, 2.75) is 19.8 Å². The summed E-state index contributed by atoms with van der Waals surface area (Å²) in [6, 6.07) is 7.95. The third-order valence-corrected chi connectivity index (χ3v) is 2.03. The van der Waals surface area contributed by atoms with Gasteiger partial charge in [0, 0.05) is 5.56 Å². The molecule has 0 atom stereocenters. The second-order valence-corrected chi connectivity index (χ2v) is 3.41. The lowest BCUT2D eigenvalue weighted by Gasteiger charge is -2.07. The Bertz CT molecular complexity index is 331. The molecule has 4 heteroatoms. The highest BCUT2D eigenvalue weighted by Crippen LogP contribution is 2.15. The number of amidine groups is 1. The van der Waals surface area contributed by atoms with Crippen molar-refractivity contribution in [3.05, 3.63) is 35.4 Å². The van der Waals surface area contributed by atoms with Gasteiger partial charge in [0.05, 0.1) is 0 Å². The molecule has 76 valence electrons. The van der Waals surface area contributed by atoms with Crippen LogP contribution in [-0.2, 0) is 0 Å². The van der Waals surface area contributed by atoms with Crippen LogP contribution in [0.2, 0.25) is 0 Å². The van der Waals surface area contributed by atoms with Crippen molar-refractivity contribution in [3.8, 4) is 0 Å². The molecule has 0 aromatic heterocycles. The van der Waals surface area contributed by atoms with Gasteiger partial charge in [-0.15, -0.1) is 5.10 Å². The van der Waals surface area contributed by atoms with Gasteiger partial charge < -0.3 is 5.73 Å². The lowest BCUT2D eigenvalue weighted by atomic mass is 10.0. The zero-order valence-corrected chi connectivity index (χ0v) is 8.49. The summed E-state index contributed by atoms with van der Waals surface area (Å²) < 4.78 is 0. The molecule has 0 aliphatic carbocycles. The van der Waals surface area contributed by atoms with Gasteiger partial charge in [0.25, 0.3) is 0 Å². The minimum absolute atomic E-state index is 0.398. The van der Waals surface area contributed by atoms with Crippen molar-refractivity contribution >= 4 is 5.84 Å². The van der Waals surface area contributed by atoms with Gasteiger partial charge in [-0.3, -0.25) is 0 Å². The maximum absolute atomic E-state index is 5.68. The first-order valence-corrected chi connectivity index (χ1v) is 4.54. The van der Waals surface area contributed by atoms with Gasteiger partial charge in [0.2, 0.25) is 0 Å². The van der Waals surface area contributed by atoms with Crippen molar-refractivity contribution in [1.82, 2.24) is 5.53 Å². The molecule has 0 unspecified atom stereocenters. The van der Waals surface area contributed by atoms with Crippen molar-refractivity contribution in [2.75, 3.05) is 0 Å². The van der Waals surface area contributed by atoms with E-state index in [9.17, 15) is 0 Å². The molecule has 0 amide bonds. The molecule has 1 rings (SSSR count). The molecular formula is C10H16N4. The molecule has 0 heterocycles. The summed E-state index contributed by atoms with van der Waals surface area (Å²) in [6.45, 7) is 4.27. The van der Waals surface area contributed by atoms with Crippen LogP contribution in [-0.4, -0.2) is 5.84 Å². The van der Waals surface area contributed by atoms with Crippen LogP contribution in [0.25, 0.3) is 0 Å². The molecule has 0 aliphatic rings. The van der Waals surface area contributed by atoms with Gasteiger partial charge in [-0.1, -0.05) is 32.0 Å². The second kappa shape index (κ2) is 4.62. The van der Waals surface area contributed by atoms with Crippen LogP contribution in [0.1, 0.15) is 30.9 Å². The molecule has 1 aromatic rings. The number of hydrazine groups is 1. The lowest BCUT2D eigenvalue weighted by Crippen LogP contribution is -2.23. The van der Waals surface area contributed by atoms with Crippen molar-refractivity contribution in [2.24, 2.45) is 16.7 Å². The molecule has 1 aromatic carbocycles. The van der Waals surface area contributed by atoms with E-state index in [1.165, 1.54) is 5.56 Å². The SMILES string of the molecule is CC(C)c1cccc(/C(N)=N/NN)c1. The Labute approximate surface area is 84.0 Å². The number of hydrogen-bond donors (Lipinski definition) is 3. The van der Waals surface area contributed by atoms with E-state index in [-0.39, 0.29) is 0 Å². The van der Waals surface area contributed by atoms with E-state index in [0.717, 1.165) is 5.56 Å². The standard InChI is InChI=1S/C10H16N4/c1-7(2)8-4-3-5-9(6-8)10(11)13-14-12/h3-7,14H,12H2,1-2H3,(H2,11,13). The topological polar surface area (TPSA) is 76.4 Å². The highest BCUT2D eigenvalue weighted by Gasteiger charge is 2.02. The van der Waals surface area contributed by atoms with Crippen molar-refractivity contribution in [1.29, 1.82) is 0 Å². The summed E-state index contributed by atoms with van der Waals surface area (Å²) in [4.78, 5) is 0. The normalized spacial score (nSPS) is 11.9. The maximum atomic E-state index is 5.68. The fourth-order valence-electron chi connectivity index (χ4n) is 1.19. The summed E-state index contributed by atoms with van der Waals surface area (Å²) in [7, 11) is 0. The molecule has 0 fully saturated rings. The van der Waals surface area contributed by atoms with E-state index in [0.29, 0.717) is 11.8 Å². The number of rotatable bonds is 3. The Morgan fingerprint density at radius 3 is 2.71 bits per heavy atom. The van der Waals surface area contributed by atoms with Crippen molar-refractivity contribution < 1.29 is 0 Å². The number of nitrogens with two attached hydrogens (primary N) is 2. The minimum atomic E-state index is 0.398. The Balaban J connectivity index is 2.99. The Hall–Kier alpha value is -1.55. The predicted molar refractivity (Wildman–Crippen MR) is 58.6 cm³/mol. The molecule has 0 bridgehead atoms. The number of nitrogens with zero attached hydrogens (tertiary/aromatic N) is 1. The third-order valence-electron chi connectivity index (χ3n) is 2.03. The molecule has 0 saturated heterocycles. The van der Waals surface area contributed by atoms with Gasteiger partial charge in [-0.05, 0) is 17.5 Å². The average molecular weight is 192 g/mol. The van der Waals surface area contributed by atoms with E-state index in [1.54, 1.807) is 0 Å². The highest BCUT2D eigenvalue weighted by atomic mass is 15.5. The van der Waals surface area contributed by atoms with Crippen molar-refractivity contribution in [3.63, 3.8) is 0 Å². The predicted octanol–water partition coefficient (Wildman–Crippen LogP) is 0.894. The molecule has 5 N–H and O–H groups in total. The summed E-state index contributed by atoms with van der Waals surface area (Å²) in [5.41, 5.74) is 9.98. The van der Waals surface area contributed by atoms with E-state index in [2.05, 4.69) is 30.6 Å². The number of nitrogens with one attached hydrogen (secondary N) is 1. The van der Waals surface area contributed by atoms with Gasteiger partial charge in [-0.2, -0.15) is 0 Å². The van der Waals surface area contributed by atoms with Crippen LogP contribution in [0.4, 0.5) is 0 Å². The van der Waals surface area contributed by atoms with Crippen LogP contribution >= 0.6 is 0 Å². The minimum Gasteiger partial charge on any atom is -0.382 e. The molecule has 0 aliphatic heterocycles. The highest BCUT2D eigenvalue weighted by molar-refractivity contribution is 5.97. The van der Waals surface area contributed by atoms with Crippen LogP contribution in [0.15, 0.2) is 29.4 Å². The van der Waals surface area contributed by atoms with Crippen LogP contribution in [0, 0.1) is 0 Å². The lowest BCUT2D eigenvalue weighted by molar-refractivity contribution is 0.803. The maximum Gasteiger partial charge on any atom is 0.152 e. The summed E-state index contributed by atoms with van der Waals surface area (Å²) >= 11 is 0. The number of hydrazone groups is 1. The molecule has 0 radical (unpaired) electrons. The van der Waals surface area contributed by atoms with Gasteiger partial charge in [0.15, 0.2) is 5.84 Å². The number of hydrogen-bond acceptors (Lipinski definition) is 3. The molecule has 0 spiro atoms. The molecule has 0 saturated carbocycles. The van der Waals surface area contributed by atoms with E-state index >= 15 is 0 Å². The quantitative estimate of drug-likeness (QED) is 0.288. The second-order valence-electron chi connectivity index (χ2n) is 3.41. The summed E-state index contributed by atoms with van der Waals surface area (Å²) in [5.74, 6) is 5.93. The third kappa shape index (κ3) is 2.47. The fourth-order valence-corrected chi connectivity index (χ4v) is 1.19. The van der Waals surface area contributed by atoms with Gasteiger partial charge >= 0.3 is 0 Å². The van der Waals surface area contributed by atoms with Gasteiger partial charge in [-0.25, -0.2) is 11.4 Å². The van der Waals surface area contributed by atoms with E-state index < -0.39 is 0 Å². The fraction of sp³-hybridized carbons (Fsp3) is 0.300. The summed E-state index contributed by atoms with van der Waals surface area (Å²) in [5, 5.41) is 3.72. The largest absolute Gasteiger partial charge is 0.382 e. The Morgan fingerprint density at radius 2 is 2.14 bits per heavy atom.